The van der Waals surface area contributed by atoms with Crippen LogP contribution in [0.15, 0.2) is 0 Å². The number of hydrogen-bond acceptors (Lipinski definition) is 5. The first-order valence-corrected chi connectivity index (χ1v) is 6.56. The summed E-state index contributed by atoms with van der Waals surface area (Å²) in [6, 6.07) is 0. The minimum atomic E-state index is -5.84. The van der Waals surface area contributed by atoms with Crippen LogP contribution in [-0.2, 0) is 23.7 Å². The van der Waals surface area contributed by atoms with Crippen molar-refractivity contribution in [2.75, 3.05) is 13.2 Å². The van der Waals surface area contributed by atoms with Gasteiger partial charge in [-0.3, -0.25) is 9.12 Å². The molecule has 0 heterocycles. The number of rotatable bonds is 4. The van der Waals surface area contributed by atoms with E-state index in [-0.39, 0.29) is 0 Å². The molecule has 0 aromatic rings. The third-order valence-electron chi connectivity index (χ3n) is 0.817. The molecule has 11 heteroatoms. The molecule has 1 N–H and O–H groups in total. The van der Waals surface area contributed by atoms with E-state index < -0.39 is 23.9 Å². The van der Waals surface area contributed by atoms with Gasteiger partial charge in [-0.1, -0.05) is 0 Å². The van der Waals surface area contributed by atoms with Crippen LogP contribution in [0.1, 0.15) is 13.8 Å². The normalized spacial score (nSPS) is 12.2. The van der Waals surface area contributed by atoms with Crippen LogP contribution in [0.5, 0.6) is 0 Å². The Morgan fingerprint density at radius 1 is 1.19 bits per heavy atom. The second-order valence-corrected chi connectivity index (χ2v) is 4.53. The predicted octanol–water partition coefficient (Wildman–Crippen LogP) is 1.84. The van der Waals surface area contributed by atoms with Crippen molar-refractivity contribution >= 4 is 18.4 Å². The van der Waals surface area contributed by atoms with Gasteiger partial charge in [0.05, 0.1) is 13.2 Å². The van der Waals surface area contributed by atoms with Gasteiger partial charge >= 0.3 is 23.9 Å². The van der Waals surface area contributed by atoms with Crippen LogP contribution in [0.25, 0.3) is 0 Å². The van der Waals surface area contributed by atoms with Crippen molar-refractivity contribution in [2.45, 2.75) is 19.4 Å². The highest BCUT2D eigenvalue weighted by atomic mass is 32.2. The van der Waals surface area contributed by atoms with E-state index in [1.165, 1.54) is 0 Å². The standard InChI is InChI=1S/C4H11O3P.CHF3O3S/c1-3-6-8(5)7-4-2;2-1(3,4)8(5,6)7/h8H,3-4H2,1-2H3;(H,5,6,7). The van der Waals surface area contributed by atoms with Crippen LogP contribution < -0.4 is 0 Å². The summed E-state index contributed by atoms with van der Waals surface area (Å²) in [5.74, 6) is 0. The number of halogens is 3. The smallest absolute Gasteiger partial charge is 0.311 e. The van der Waals surface area contributed by atoms with Crippen molar-refractivity contribution < 1.29 is 39.8 Å². The van der Waals surface area contributed by atoms with E-state index in [1.807, 2.05) is 0 Å². The zero-order valence-corrected chi connectivity index (χ0v) is 10.3. The predicted molar refractivity (Wildman–Crippen MR) is 49.9 cm³/mol. The van der Waals surface area contributed by atoms with Crippen LogP contribution >= 0.6 is 8.25 Å². The molecule has 0 aromatic heterocycles. The van der Waals surface area contributed by atoms with Gasteiger partial charge in [-0.25, -0.2) is 0 Å². The Bertz CT molecular complexity index is 292. The lowest BCUT2D eigenvalue weighted by molar-refractivity contribution is -0.0510. The molecule has 0 aliphatic heterocycles. The van der Waals surface area contributed by atoms with Crippen molar-refractivity contribution in [3.05, 3.63) is 0 Å². The van der Waals surface area contributed by atoms with E-state index in [1.54, 1.807) is 13.8 Å². The third-order valence-corrected chi connectivity index (χ3v) is 2.45. The van der Waals surface area contributed by atoms with Crippen molar-refractivity contribution in [3.8, 4) is 0 Å². The molecular weight excluding hydrogens is 276 g/mol. The summed E-state index contributed by atoms with van der Waals surface area (Å²) in [6.07, 6.45) is 0. The Kier molecular flexibility index (Phi) is 9.13. The fourth-order valence-corrected chi connectivity index (χ4v) is 0.832. The Labute approximate surface area is 91.4 Å². The van der Waals surface area contributed by atoms with Gasteiger partial charge in [-0.15, -0.1) is 0 Å². The second kappa shape index (κ2) is 8.02. The molecule has 0 aliphatic rings. The molecule has 0 aliphatic carbocycles. The zero-order valence-electron chi connectivity index (χ0n) is 8.44. The molecule has 16 heavy (non-hydrogen) atoms. The molecule has 0 bridgehead atoms. The Hall–Kier alpha value is -0.150. The Morgan fingerprint density at radius 2 is 1.44 bits per heavy atom. The Morgan fingerprint density at radius 3 is 1.56 bits per heavy atom. The summed E-state index contributed by atoms with van der Waals surface area (Å²) in [6.45, 7) is 4.47. The second-order valence-electron chi connectivity index (χ2n) is 2.04. The molecule has 0 spiro atoms. The molecule has 0 atom stereocenters. The van der Waals surface area contributed by atoms with Gasteiger partial charge < -0.3 is 9.05 Å². The largest absolute Gasteiger partial charge is 0.522 e. The van der Waals surface area contributed by atoms with E-state index >= 15 is 0 Å². The monoisotopic (exact) mass is 288 g/mol. The summed E-state index contributed by atoms with van der Waals surface area (Å²) in [4.78, 5) is 0. The highest BCUT2D eigenvalue weighted by Crippen LogP contribution is 2.22. The topological polar surface area (TPSA) is 89.9 Å². The van der Waals surface area contributed by atoms with Gasteiger partial charge in [-0.2, -0.15) is 21.6 Å². The molecule has 100 valence electrons. The third kappa shape index (κ3) is 10.4. The minimum Gasteiger partial charge on any atom is -0.311 e. The first-order valence-electron chi connectivity index (χ1n) is 3.89. The van der Waals surface area contributed by atoms with Gasteiger partial charge in [0.15, 0.2) is 0 Å². The first kappa shape index (κ1) is 18.2. The summed E-state index contributed by atoms with van der Waals surface area (Å²) >= 11 is 0. The number of alkyl halides is 3. The average molecular weight is 288 g/mol. The van der Waals surface area contributed by atoms with Crippen molar-refractivity contribution in [1.82, 2.24) is 0 Å². The maximum atomic E-state index is 10.7. The molecule has 0 unspecified atom stereocenters. The van der Waals surface area contributed by atoms with Gasteiger partial charge in [0, 0.05) is 0 Å². The fraction of sp³-hybridized carbons (Fsp3) is 1.00. The zero-order chi connectivity index (χ0) is 13.4. The van der Waals surface area contributed by atoms with Crippen molar-refractivity contribution in [1.29, 1.82) is 0 Å². The summed E-state index contributed by atoms with van der Waals surface area (Å²) in [5.41, 5.74) is -5.53. The average Bonchev–Trinajstić information content (AvgIpc) is 2.02. The molecule has 0 aromatic carbocycles. The number of hydrogen-bond donors (Lipinski definition) is 1. The molecule has 0 radical (unpaired) electrons. The highest BCUT2D eigenvalue weighted by Gasteiger charge is 2.44. The van der Waals surface area contributed by atoms with Crippen LogP contribution in [0.4, 0.5) is 13.2 Å². The highest BCUT2D eigenvalue weighted by molar-refractivity contribution is 7.86. The lowest BCUT2D eigenvalue weighted by Crippen LogP contribution is -2.21. The summed E-state index contributed by atoms with van der Waals surface area (Å²) in [7, 11) is -7.98. The van der Waals surface area contributed by atoms with E-state index in [2.05, 4.69) is 9.05 Å². The van der Waals surface area contributed by atoms with Gasteiger partial charge in [0.1, 0.15) is 0 Å². The lowest BCUT2D eigenvalue weighted by Gasteiger charge is -1.97. The fourth-order valence-electron chi connectivity index (χ4n) is 0.277. The molecule has 0 saturated heterocycles. The van der Waals surface area contributed by atoms with Crippen LogP contribution in [-0.4, -0.2) is 31.7 Å². The minimum absolute atomic E-state index is 0.456. The summed E-state index contributed by atoms with van der Waals surface area (Å²) in [5, 5.41) is 0. The van der Waals surface area contributed by atoms with Gasteiger partial charge in [0.2, 0.25) is 0 Å². The quantitative estimate of drug-likeness (QED) is 0.482. The maximum absolute atomic E-state index is 10.7. The van der Waals surface area contributed by atoms with Crippen molar-refractivity contribution in [3.63, 3.8) is 0 Å². The van der Waals surface area contributed by atoms with E-state index in [0.29, 0.717) is 13.2 Å². The molecule has 0 saturated carbocycles. The first-order chi connectivity index (χ1) is 7.06. The van der Waals surface area contributed by atoms with E-state index in [0.717, 1.165) is 0 Å². The molecule has 6 nitrogen and oxygen atoms in total. The molecular formula is C5H12F3O6PS. The SMILES string of the molecule is CCO[PH](=O)OCC.O=S(=O)(O)C(F)(F)F. The maximum Gasteiger partial charge on any atom is 0.522 e. The van der Waals surface area contributed by atoms with E-state index in [9.17, 15) is 17.7 Å². The van der Waals surface area contributed by atoms with Crippen LogP contribution in [0.2, 0.25) is 0 Å². The lowest BCUT2D eigenvalue weighted by atomic mass is 10.9. The summed E-state index contributed by atoms with van der Waals surface area (Å²) < 4.78 is 77.1. The molecule has 0 fully saturated rings. The van der Waals surface area contributed by atoms with E-state index in [4.69, 9.17) is 13.0 Å². The molecule has 0 amide bonds. The van der Waals surface area contributed by atoms with Crippen LogP contribution in [0, 0.1) is 0 Å². The van der Waals surface area contributed by atoms with Gasteiger partial charge in [0.25, 0.3) is 0 Å². The Balaban J connectivity index is 0. The van der Waals surface area contributed by atoms with Crippen LogP contribution in [0.3, 0.4) is 0 Å². The van der Waals surface area contributed by atoms with Crippen molar-refractivity contribution in [2.24, 2.45) is 0 Å². The van der Waals surface area contributed by atoms with Gasteiger partial charge in [-0.05, 0) is 13.8 Å². The molecule has 0 rings (SSSR count).